The largest absolute Gasteiger partial charge is 0.307 e. The van der Waals surface area contributed by atoms with Gasteiger partial charge in [-0.2, -0.15) is 16.8 Å². The van der Waals surface area contributed by atoms with Crippen molar-refractivity contribution in [2.24, 2.45) is 0 Å². The summed E-state index contributed by atoms with van der Waals surface area (Å²) in [4.78, 5) is -0.0792. The van der Waals surface area contributed by atoms with Crippen LogP contribution in [-0.2, 0) is 28.0 Å². The van der Waals surface area contributed by atoms with Gasteiger partial charge in [-0.3, -0.25) is 7.74 Å². The Labute approximate surface area is 284 Å². The van der Waals surface area contributed by atoms with Crippen LogP contribution in [0.3, 0.4) is 0 Å². The van der Waals surface area contributed by atoms with Gasteiger partial charge in [0.2, 0.25) is 0 Å². The first-order valence-corrected chi connectivity index (χ1v) is 23.0. The van der Waals surface area contributed by atoms with Crippen molar-refractivity contribution in [3.8, 4) is 0 Å². The molecular formula is C38H34O6S2Si2. The molecule has 0 saturated heterocycles. The Bertz CT molecular complexity index is 1960. The van der Waals surface area contributed by atoms with Crippen LogP contribution in [0.4, 0.5) is 0 Å². The monoisotopic (exact) mass is 706 g/mol. The molecule has 0 aliphatic rings. The van der Waals surface area contributed by atoms with Gasteiger partial charge in [0, 0.05) is 0 Å². The lowest BCUT2D eigenvalue weighted by Gasteiger charge is -2.45. The van der Waals surface area contributed by atoms with Crippen LogP contribution in [0.25, 0.3) is 0 Å². The molecule has 0 N–H and O–H groups in total. The van der Waals surface area contributed by atoms with Crippen molar-refractivity contribution >= 4 is 56.7 Å². The molecule has 0 aliphatic carbocycles. The van der Waals surface area contributed by atoms with Gasteiger partial charge in [-0.1, -0.05) is 157 Å². The summed E-state index contributed by atoms with van der Waals surface area (Å²) in [6.45, 7) is 3.74. The minimum Gasteiger partial charge on any atom is -0.300 e. The van der Waals surface area contributed by atoms with E-state index in [4.69, 9.17) is 7.74 Å². The lowest BCUT2D eigenvalue weighted by Crippen LogP contribution is -2.88. The van der Waals surface area contributed by atoms with Crippen molar-refractivity contribution in [1.29, 1.82) is 0 Å². The highest BCUT2D eigenvalue weighted by molar-refractivity contribution is 7.91. The molecule has 0 unspecified atom stereocenters. The van der Waals surface area contributed by atoms with Crippen LogP contribution in [0.2, 0.25) is 0 Å². The topological polar surface area (TPSA) is 86.7 Å². The van der Waals surface area contributed by atoms with Crippen LogP contribution >= 0.6 is 0 Å². The molecule has 0 saturated carbocycles. The molecule has 6 rings (SSSR count). The molecule has 10 heteroatoms. The highest BCUT2D eigenvalue weighted by atomic mass is 32.2. The third-order valence-corrected chi connectivity index (χ3v) is 27.3. The Morgan fingerprint density at radius 1 is 0.354 bits per heavy atom. The van der Waals surface area contributed by atoms with Crippen molar-refractivity contribution in [2.75, 3.05) is 0 Å². The second-order valence-electron chi connectivity index (χ2n) is 11.5. The molecule has 6 nitrogen and oxygen atoms in total. The second kappa shape index (κ2) is 13.6. The highest BCUT2D eigenvalue weighted by Crippen LogP contribution is 2.31. The second-order valence-corrected chi connectivity index (χ2v) is 24.9. The molecule has 0 aliphatic heterocycles. The van der Waals surface area contributed by atoms with Gasteiger partial charge in [0.25, 0.3) is 20.2 Å². The van der Waals surface area contributed by atoms with E-state index in [1.54, 1.807) is 24.3 Å². The number of rotatable bonds is 11. The fraction of sp³-hybridized carbons (Fsp3) is 0.0526. The molecule has 0 fully saturated rings. The van der Waals surface area contributed by atoms with Gasteiger partial charge in [0.05, 0.1) is 9.79 Å². The fourth-order valence-corrected chi connectivity index (χ4v) is 28.7. The molecule has 0 radical (unpaired) electrons. The van der Waals surface area contributed by atoms with E-state index < -0.39 is 35.9 Å². The number of benzene rings is 6. The molecule has 48 heavy (non-hydrogen) atoms. The number of hydrogen-bond acceptors (Lipinski definition) is 6. The summed E-state index contributed by atoms with van der Waals surface area (Å²) in [5.41, 5.74) is 1.77. The van der Waals surface area contributed by atoms with Crippen LogP contribution in [-0.4, -0.2) is 32.5 Å². The lowest BCUT2D eigenvalue weighted by molar-refractivity contribution is 0.475. The Kier molecular flexibility index (Phi) is 9.48. The molecule has 0 atom stereocenters. The standard InChI is InChI=1S/C38H34O6S2Si2/c1-31-23-27-33(28-24-31)45(39,40)43-47(35-15-7-3-8-16-35,36-17-9-4-10-18-36)48(37-19-11-5-12-20-37,38-21-13-6-14-22-38)44-46(41,42)34-29-25-32(2)26-30-34/h3-30H,1-2H3. The molecule has 0 bridgehead atoms. The molecule has 0 spiro atoms. The van der Waals surface area contributed by atoms with Crippen molar-refractivity contribution in [1.82, 2.24) is 0 Å². The summed E-state index contributed by atoms with van der Waals surface area (Å²) >= 11 is 0. The first-order chi connectivity index (χ1) is 23.1. The van der Waals surface area contributed by atoms with E-state index in [9.17, 15) is 16.8 Å². The van der Waals surface area contributed by atoms with Crippen molar-refractivity contribution in [2.45, 2.75) is 23.6 Å². The fourth-order valence-electron chi connectivity index (χ4n) is 5.98. The Balaban J connectivity index is 1.81. The Morgan fingerprint density at radius 2 is 0.583 bits per heavy atom. The summed E-state index contributed by atoms with van der Waals surface area (Å²) in [5.74, 6) is 0. The number of aryl methyl sites for hydroxylation is 2. The smallest absolute Gasteiger partial charge is 0.300 e. The molecular weight excluding hydrogens is 673 g/mol. The molecule has 0 heterocycles. The number of hydrogen-bond donors (Lipinski definition) is 0. The molecule has 0 amide bonds. The predicted molar refractivity (Wildman–Crippen MR) is 195 cm³/mol. The van der Waals surface area contributed by atoms with E-state index in [1.807, 2.05) is 135 Å². The summed E-state index contributed by atoms with van der Waals surface area (Å²) < 4.78 is 72.6. The van der Waals surface area contributed by atoms with Crippen molar-refractivity contribution < 1.29 is 24.6 Å². The van der Waals surface area contributed by atoms with Gasteiger partial charge in [-0.15, -0.1) is 0 Å². The van der Waals surface area contributed by atoms with E-state index in [1.165, 1.54) is 24.3 Å². The Hall–Kier alpha value is -4.43. The third-order valence-electron chi connectivity index (χ3n) is 8.31. The quantitative estimate of drug-likeness (QED) is 0.176. The van der Waals surface area contributed by atoms with Crippen LogP contribution in [0.15, 0.2) is 180 Å². The zero-order valence-corrected chi connectivity index (χ0v) is 30.1. The van der Waals surface area contributed by atoms with Crippen molar-refractivity contribution in [3.63, 3.8) is 0 Å². The average molecular weight is 707 g/mol. The highest BCUT2D eigenvalue weighted by Gasteiger charge is 2.68. The third kappa shape index (κ3) is 6.26. The Morgan fingerprint density at radius 3 is 0.812 bits per heavy atom. The van der Waals surface area contributed by atoms with E-state index in [0.29, 0.717) is 20.7 Å². The summed E-state index contributed by atoms with van der Waals surface area (Å²) in [7, 11) is -18.0. The average Bonchev–Trinajstić information content (AvgIpc) is 3.11. The van der Waals surface area contributed by atoms with E-state index >= 15 is 0 Å². The van der Waals surface area contributed by atoms with Crippen LogP contribution in [0.5, 0.6) is 0 Å². The molecule has 0 aromatic heterocycles. The van der Waals surface area contributed by atoms with Gasteiger partial charge < -0.3 is 0 Å². The maximum Gasteiger partial charge on any atom is 0.307 e. The maximum atomic E-state index is 14.7. The van der Waals surface area contributed by atoms with Gasteiger partial charge in [-0.25, -0.2) is 0 Å². The van der Waals surface area contributed by atoms with Gasteiger partial charge in [0.1, 0.15) is 0 Å². The van der Waals surface area contributed by atoms with Gasteiger partial charge in [0.15, 0.2) is 0 Å². The van der Waals surface area contributed by atoms with Crippen molar-refractivity contribution in [3.05, 3.63) is 181 Å². The molecule has 6 aromatic carbocycles. The minimum atomic E-state index is -4.53. The van der Waals surface area contributed by atoms with E-state index in [0.717, 1.165) is 11.1 Å². The van der Waals surface area contributed by atoms with Crippen LogP contribution < -0.4 is 20.7 Å². The van der Waals surface area contributed by atoms with Gasteiger partial charge in [-0.05, 0) is 58.9 Å². The SMILES string of the molecule is Cc1ccc(S(=O)(=O)O[Si](c2ccccc2)(c2ccccc2)[Si](OS(=O)(=O)c2ccc(C)cc2)(c2ccccc2)c2ccccc2)cc1. The van der Waals surface area contributed by atoms with E-state index in [-0.39, 0.29) is 9.79 Å². The zero-order valence-electron chi connectivity index (χ0n) is 26.4. The summed E-state index contributed by atoms with van der Waals surface area (Å²) in [6, 6.07) is 49.3. The van der Waals surface area contributed by atoms with Crippen LogP contribution in [0.1, 0.15) is 11.1 Å². The van der Waals surface area contributed by atoms with E-state index in [2.05, 4.69) is 0 Å². The minimum absolute atomic E-state index is 0.0396. The normalized spacial score (nSPS) is 12.5. The predicted octanol–water partition coefficient (Wildman–Crippen LogP) is 5.01. The maximum absolute atomic E-state index is 14.7. The van der Waals surface area contributed by atoms with Crippen LogP contribution in [0, 0.1) is 13.8 Å². The first-order valence-electron chi connectivity index (χ1n) is 15.4. The lowest BCUT2D eigenvalue weighted by atomic mass is 10.2. The molecule has 6 aromatic rings. The first kappa shape index (κ1) is 33.5. The summed E-state index contributed by atoms with van der Waals surface area (Å²) in [6.07, 6.45) is 0. The summed E-state index contributed by atoms with van der Waals surface area (Å²) in [5, 5.41) is 2.19. The molecule has 242 valence electrons. The zero-order chi connectivity index (χ0) is 33.8. The van der Waals surface area contributed by atoms with Gasteiger partial charge >= 0.3 is 15.7 Å².